The summed E-state index contributed by atoms with van der Waals surface area (Å²) >= 11 is 0. The summed E-state index contributed by atoms with van der Waals surface area (Å²) in [4.78, 5) is 14.6. The predicted octanol–water partition coefficient (Wildman–Crippen LogP) is 3.89. The van der Waals surface area contributed by atoms with Gasteiger partial charge in [-0.25, -0.2) is 4.79 Å². The number of nitrogens with zero attached hydrogens (tertiary/aromatic N) is 1. The van der Waals surface area contributed by atoms with E-state index in [0.29, 0.717) is 12.0 Å². The highest BCUT2D eigenvalue weighted by molar-refractivity contribution is 5.92. The fraction of sp³-hybridized carbons (Fsp3) is 0.409. The Kier molecular flexibility index (Phi) is 5.27. The van der Waals surface area contributed by atoms with Gasteiger partial charge < -0.3 is 14.6 Å². The number of rotatable bonds is 4. The maximum absolute atomic E-state index is 13.1. The van der Waals surface area contributed by atoms with Crippen molar-refractivity contribution in [3.8, 4) is 0 Å². The summed E-state index contributed by atoms with van der Waals surface area (Å²) in [5.41, 5.74) is 0.469. The Hall–Kier alpha value is -2.37. The van der Waals surface area contributed by atoms with E-state index in [1.54, 1.807) is 12.0 Å². The normalized spacial score (nSPS) is 18.7. The number of methoxy groups -OCH3 is 1. The number of hydrogen-bond acceptors (Lipinski definition) is 4. The number of carbonyl (C=O) groups excluding carboxylic acids is 1. The van der Waals surface area contributed by atoms with Crippen LogP contribution in [-0.2, 0) is 21.5 Å². The first-order valence-electron chi connectivity index (χ1n) is 9.13. The monoisotopic (exact) mass is 369 g/mol. The van der Waals surface area contributed by atoms with E-state index < -0.39 is 23.3 Å². The second-order valence-electron chi connectivity index (χ2n) is 7.92. The lowest BCUT2D eigenvalue weighted by molar-refractivity contribution is -0.0557. The van der Waals surface area contributed by atoms with E-state index in [9.17, 15) is 9.90 Å². The summed E-state index contributed by atoms with van der Waals surface area (Å²) in [6, 6.07) is 16.5. The Bertz CT molecular complexity index is 799. The standard InChI is InChI=1S/C22H27NO4/c1-21(2,3)27-20(24)23-18-13-9-8-10-16(18)14-19(23)22(25,15-26-4)17-11-6-5-7-12-17/h5-13,19,25H,14-15H2,1-4H3/t19-,22+/m0/s1. The topological polar surface area (TPSA) is 59.0 Å². The number of carbonyl (C=O) groups is 1. The fourth-order valence-electron chi connectivity index (χ4n) is 3.62. The van der Waals surface area contributed by atoms with Gasteiger partial charge in [-0.2, -0.15) is 0 Å². The molecule has 0 aromatic heterocycles. The molecule has 0 saturated carbocycles. The van der Waals surface area contributed by atoms with Crippen molar-refractivity contribution in [2.24, 2.45) is 0 Å². The highest BCUT2D eigenvalue weighted by atomic mass is 16.6. The molecule has 0 bridgehead atoms. The molecule has 27 heavy (non-hydrogen) atoms. The Labute approximate surface area is 160 Å². The molecule has 1 aliphatic rings. The van der Waals surface area contributed by atoms with Crippen LogP contribution in [0.15, 0.2) is 54.6 Å². The second kappa shape index (κ2) is 7.33. The first-order valence-corrected chi connectivity index (χ1v) is 9.13. The molecule has 1 heterocycles. The molecule has 0 fully saturated rings. The number of hydrogen-bond donors (Lipinski definition) is 1. The minimum atomic E-state index is -1.37. The third-order valence-corrected chi connectivity index (χ3v) is 4.76. The molecule has 5 nitrogen and oxygen atoms in total. The van der Waals surface area contributed by atoms with Crippen molar-refractivity contribution in [1.82, 2.24) is 0 Å². The molecule has 1 aliphatic heterocycles. The van der Waals surface area contributed by atoms with Gasteiger partial charge in [0.1, 0.15) is 11.2 Å². The molecule has 1 N–H and O–H groups in total. The average Bonchev–Trinajstić information content (AvgIpc) is 3.01. The SMILES string of the molecule is COC[C@@](O)(c1ccccc1)[C@@H]1Cc2ccccc2N1C(=O)OC(C)(C)C. The number of ether oxygens (including phenoxy) is 2. The van der Waals surface area contributed by atoms with Crippen LogP contribution in [0.2, 0.25) is 0 Å². The number of anilines is 1. The van der Waals surface area contributed by atoms with Crippen LogP contribution in [0.4, 0.5) is 10.5 Å². The third-order valence-electron chi connectivity index (χ3n) is 4.76. The van der Waals surface area contributed by atoms with Gasteiger partial charge in [0.05, 0.1) is 18.3 Å². The predicted molar refractivity (Wildman–Crippen MR) is 105 cm³/mol. The Morgan fingerprint density at radius 2 is 1.74 bits per heavy atom. The van der Waals surface area contributed by atoms with E-state index in [-0.39, 0.29) is 6.61 Å². The maximum atomic E-state index is 13.1. The molecule has 2 aromatic carbocycles. The van der Waals surface area contributed by atoms with E-state index in [0.717, 1.165) is 11.3 Å². The van der Waals surface area contributed by atoms with Crippen LogP contribution in [0.25, 0.3) is 0 Å². The van der Waals surface area contributed by atoms with E-state index in [1.165, 1.54) is 0 Å². The minimum Gasteiger partial charge on any atom is -0.443 e. The molecule has 1 amide bonds. The zero-order valence-electron chi connectivity index (χ0n) is 16.3. The smallest absolute Gasteiger partial charge is 0.415 e. The van der Waals surface area contributed by atoms with Crippen molar-refractivity contribution >= 4 is 11.8 Å². The van der Waals surface area contributed by atoms with Crippen molar-refractivity contribution in [2.75, 3.05) is 18.6 Å². The van der Waals surface area contributed by atoms with E-state index in [1.807, 2.05) is 75.4 Å². The molecule has 144 valence electrons. The Morgan fingerprint density at radius 1 is 1.11 bits per heavy atom. The molecular weight excluding hydrogens is 342 g/mol. The summed E-state index contributed by atoms with van der Waals surface area (Å²) in [5, 5.41) is 11.7. The summed E-state index contributed by atoms with van der Waals surface area (Å²) in [7, 11) is 1.55. The van der Waals surface area contributed by atoms with Gasteiger partial charge in [-0.05, 0) is 44.4 Å². The van der Waals surface area contributed by atoms with Gasteiger partial charge in [-0.3, -0.25) is 4.90 Å². The van der Waals surface area contributed by atoms with Crippen LogP contribution in [-0.4, -0.2) is 36.6 Å². The molecule has 2 atom stereocenters. The number of benzene rings is 2. The third kappa shape index (κ3) is 3.84. The van der Waals surface area contributed by atoms with Crippen molar-refractivity contribution in [2.45, 2.75) is 44.4 Å². The van der Waals surface area contributed by atoms with E-state index >= 15 is 0 Å². The zero-order chi connectivity index (χ0) is 19.7. The summed E-state index contributed by atoms with van der Waals surface area (Å²) < 4.78 is 11.0. The Balaban J connectivity index is 2.07. The lowest BCUT2D eigenvalue weighted by atomic mass is 9.85. The van der Waals surface area contributed by atoms with Crippen molar-refractivity contribution < 1.29 is 19.4 Å². The van der Waals surface area contributed by atoms with E-state index in [4.69, 9.17) is 9.47 Å². The lowest BCUT2D eigenvalue weighted by Gasteiger charge is -2.39. The first-order chi connectivity index (χ1) is 12.8. The number of fused-ring (bicyclic) bond motifs is 1. The molecule has 3 rings (SSSR count). The van der Waals surface area contributed by atoms with Gasteiger partial charge in [0.25, 0.3) is 0 Å². The maximum Gasteiger partial charge on any atom is 0.415 e. The largest absolute Gasteiger partial charge is 0.443 e. The number of para-hydroxylation sites is 1. The van der Waals surface area contributed by atoms with Gasteiger partial charge in [0.2, 0.25) is 0 Å². The summed E-state index contributed by atoms with van der Waals surface area (Å²) in [6.07, 6.45) is 0.0485. The zero-order valence-corrected chi connectivity index (χ0v) is 16.3. The van der Waals surface area contributed by atoms with Crippen LogP contribution in [0, 0.1) is 0 Å². The van der Waals surface area contributed by atoms with Crippen LogP contribution >= 0.6 is 0 Å². The molecule has 0 saturated heterocycles. The van der Waals surface area contributed by atoms with Gasteiger partial charge in [0.15, 0.2) is 0 Å². The van der Waals surface area contributed by atoms with Gasteiger partial charge in [0, 0.05) is 7.11 Å². The fourth-order valence-corrected chi connectivity index (χ4v) is 3.62. The Morgan fingerprint density at radius 3 is 2.37 bits per heavy atom. The van der Waals surface area contributed by atoms with Gasteiger partial charge >= 0.3 is 6.09 Å². The number of amides is 1. The molecule has 0 spiro atoms. The van der Waals surface area contributed by atoms with Gasteiger partial charge in [-0.15, -0.1) is 0 Å². The van der Waals surface area contributed by atoms with E-state index in [2.05, 4.69) is 0 Å². The molecular formula is C22H27NO4. The summed E-state index contributed by atoms with van der Waals surface area (Å²) in [5.74, 6) is 0. The highest BCUT2D eigenvalue weighted by Crippen LogP contribution is 2.41. The van der Waals surface area contributed by atoms with Crippen LogP contribution < -0.4 is 4.90 Å². The van der Waals surface area contributed by atoms with Crippen molar-refractivity contribution in [3.63, 3.8) is 0 Å². The molecule has 0 unspecified atom stereocenters. The molecule has 2 aromatic rings. The van der Waals surface area contributed by atoms with Crippen LogP contribution in [0.1, 0.15) is 31.9 Å². The average molecular weight is 369 g/mol. The van der Waals surface area contributed by atoms with Crippen molar-refractivity contribution in [3.05, 3.63) is 65.7 Å². The molecule has 5 heteroatoms. The van der Waals surface area contributed by atoms with Gasteiger partial charge in [-0.1, -0.05) is 48.5 Å². The quantitative estimate of drug-likeness (QED) is 0.888. The lowest BCUT2D eigenvalue weighted by Crippen LogP contribution is -2.55. The summed E-state index contributed by atoms with van der Waals surface area (Å²) in [6.45, 7) is 5.57. The van der Waals surface area contributed by atoms with Crippen LogP contribution in [0.5, 0.6) is 0 Å². The van der Waals surface area contributed by atoms with Crippen molar-refractivity contribution in [1.29, 1.82) is 0 Å². The second-order valence-corrected chi connectivity index (χ2v) is 7.92. The number of aliphatic hydroxyl groups is 1. The van der Waals surface area contributed by atoms with Crippen LogP contribution in [0.3, 0.4) is 0 Å². The molecule has 0 radical (unpaired) electrons. The highest BCUT2D eigenvalue weighted by Gasteiger charge is 2.49. The minimum absolute atomic E-state index is 0.0645. The first kappa shape index (κ1) is 19.4. The molecule has 0 aliphatic carbocycles.